The molecule has 2 unspecified atom stereocenters. The zero-order chi connectivity index (χ0) is 15.1. The Kier molecular flexibility index (Phi) is 3.34. The van der Waals surface area contributed by atoms with E-state index in [-0.39, 0.29) is 0 Å². The Hall–Kier alpha value is -1.93. The maximum Gasteiger partial charge on any atom is 0.0683 e. The first-order valence-electron chi connectivity index (χ1n) is 7.70. The Morgan fingerprint density at radius 1 is 0.864 bits per heavy atom. The molecule has 110 valence electrons. The largest absolute Gasteiger partial charge is 0.332 e. The third-order valence-corrected chi connectivity index (χ3v) is 5.59. The zero-order valence-electron chi connectivity index (χ0n) is 12.9. The molecule has 1 heterocycles. The molecule has 1 aliphatic heterocycles. The van der Waals surface area contributed by atoms with Gasteiger partial charge in [0.15, 0.2) is 0 Å². The molecule has 0 radical (unpaired) electrons. The molecule has 2 atom stereocenters. The van der Waals surface area contributed by atoms with E-state index in [0.717, 1.165) is 0 Å². The van der Waals surface area contributed by atoms with Crippen molar-refractivity contribution >= 4 is 23.1 Å². The lowest BCUT2D eigenvalue weighted by molar-refractivity contribution is 0.778. The van der Waals surface area contributed by atoms with Crippen LogP contribution in [-0.2, 0) is 0 Å². The van der Waals surface area contributed by atoms with Crippen molar-refractivity contribution in [3.8, 4) is 0 Å². The highest BCUT2D eigenvalue weighted by Gasteiger charge is 2.33. The van der Waals surface area contributed by atoms with Gasteiger partial charge in [-0.15, -0.1) is 11.8 Å². The summed E-state index contributed by atoms with van der Waals surface area (Å²) in [5.74, 6) is 0. The summed E-state index contributed by atoms with van der Waals surface area (Å²) >= 11 is 1.98. The first-order chi connectivity index (χ1) is 10.7. The van der Waals surface area contributed by atoms with E-state index in [1.165, 1.54) is 27.4 Å². The van der Waals surface area contributed by atoms with Crippen molar-refractivity contribution in [1.29, 1.82) is 0 Å². The second-order valence-electron chi connectivity index (χ2n) is 6.02. The molecule has 0 saturated heterocycles. The van der Waals surface area contributed by atoms with Crippen LogP contribution in [0.5, 0.6) is 0 Å². The predicted molar refractivity (Wildman–Crippen MR) is 96.2 cm³/mol. The van der Waals surface area contributed by atoms with Gasteiger partial charge in [-0.2, -0.15) is 0 Å². The van der Waals surface area contributed by atoms with Crippen LogP contribution < -0.4 is 4.90 Å². The SMILES string of the molecule is Cc1ccc(N2c3ccc(C)cc3SC3C=CC=CC32)cc1. The fraction of sp³-hybridized carbons (Fsp3) is 0.200. The van der Waals surface area contributed by atoms with Gasteiger partial charge in [0.05, 0.1) is 17.0 Å². The molecule has 0 saturated carbocycles. The lowest BCUT2D eigenvalue weighted by atomic mass is 10.0. The molecule has 0 fully saturated rings. The van der Waals surface area contributed by atoms with Gasteiger partial charge in [0.25, 0.3) is 0 Å². The number of nitrogens with zero attached hydrogens (tertiary/aromatic N) is 1. The van der Waals surface area contributed by atoms with Gasteiger partial charge in [-0.1, -0.05) is 48.1 Å². The van der Waals surface area contributed by atoms with Crippen LogP contribution in [0.15, 0.2) is 71.7 Å². The maximum absolute atomic E-state index is 2.48. The predicted octanol–water partition coefficient (Wildman–Crippen LogP) is 5.41. The minimum atomic E-state index is 0.382. The second kappa shape index (κ2) is 5.36. The number of aryl methyl sites for hydroxylation is 2. The highest BCUT2D eigenvalue weighted by molar-refractivity contribution is 8.00. The smallest absolute Gasteiger partial charge is 0.0683 e. The number of fused-ring (bicyclic) bond motifs is 2. The van der Waals surface area contributed by atoms with E-state index in [4.69, 9.17) is 0 Å². The molecular formula is C20H19NS. The summed E-state index contributed by atoms with van der Waals surface area (Å²) in [6.07, 6.45) is 8.98. The summed E-state index contributed by atoms with van der Waals surface area (Å²) in [6.45, 7) is 4.30. The molecule has 4 rings (SSSR count). The third kappa shape index (κ3) is 2.28. The molecular weight excluding hydrogens is 286 g/mol. The van der Waals surface area contributed by atoms with Crippen molar-refractivity contribution < 1.29 is 0 Å². The zero-order valence-corrected chi connectivity index (χ0v) is 13.7. The number of hydrogen-bond donors (Lipinski definition) is 0. The minimum absolute atomic E-state index is 0.382. The van der Waals surface area contributed by atoms with Crippen LogP contribution >= 0.6 is 11.8 Å². The monoisotopic (exact) mass is 305 g/mol. The number of rotatable bonds is 1. The summed E-state index contributed by atoms with van der Waals surface area (Å²) in [5, 5.41) is 0.473. The molecule has 0 spiro atoms. The first kappa shape index (κ1) is 13.7. The maximum atomic E-state index is 2.48. The summed E-state index contributed by atoms with van der Waals surface area (Å²) in [7, 11) is 0. The van der Waals surface area contributed by atoms with Gasteiger partial charge in [0.1, 0.15) is 0 Å². The molecule has 0 amide bonds. The lowest BCUT2D eigenvalue weighted by Gasteiger charge is -2.42. The summed E-state index contributed by atoms with van der Waals surface area (Å²) < 4.78 is 0. The van der Waals surface area contributed by atoms with E-state index in [1.54, 1.807) is 0 Å². The van der Waals surface area contributed by atoms with Crippen LogP contribution in [0.25, 0.3) is 0 Å². The molecule has 1 aliphatic carbocycles. The van der Waals surface area contributed by atoms with Crippen molar-refractivity contribution in [1.82, 2.24) is 0 Å². The van der Waals surface area contributed by atoms with Gasteiger partial charge < -0.3 is 4.90 Å². The van der Waals surface area contributed by atoms with Gasteiger partial charge in [-0.3, -0.25) is 0 Å². The van der Waals surface area contributed by atoms with E-state index in [9.17, 15) is 0 Å². The summed E-state index contributed by atoms with van der Waals surface area (Å²) in [4.78, 5) is 3.86. The van der Waals surface area contributed by atoms with E-state index < -0.39 is 0 Å². The van der Waals surface area contributed by atoms with Gasteiger partial charge in [-0.05, 0) is 43.7 Å². The molecule has 0 aromatic heterocycles. The van der Waals surface area contributed by atoms with Gasteiger partial charge in [0.2, 0.25) is 0 Å². The van der Waals surface area contributed by atoms with Crippen molar-refractivity contribution in [3.63, 3.8) is 0 Å². The molecule has 1 nitrogen and oxygen atoms in total. The average Bonchev–Trinajstić information content (AvgIpc) is 2.53. The fourth-order valence-electron chi connectivity index (χ4n) is 3.16. The molecule has 2 aliphatic rings. The van der Waals surface area contributed by atoms with Crippen molar-refractivity contribution in [2.24, 2.45) is 0 Å². The number of benzene rings is 2. The molecule has 2 aromatic rings. The van der Waals surface area contributed by atoms with Gasteiger partial charge >= 0.3 is 0 Å². The summed E-state index contributed by atoms with van der Waals surface area (Å²) in [5.41, 5.74) is 5.21. The van der Waals surface area contributed by atoms with E-state index >= 15 is 0 Å². The highest BCUT2D eigenvalue weighted by atomic mass is 32.2. The summed E-state index contributed by atoms with van der Waals surface area (Å²) in [6, 6.07) is 16.0. The number of hydrogen-bond acceptors (Lipinski definition) is 2. The molecule has 2 heteroatoms. The van der Waals surface area contributed by atoms with Crippen LogP contribution in [0.3, 0.4) is 0 Å². The minimum Gasteiger partial charge on any atom is -0.332 e. The van der Waals surface area contributed by atoms with Crippen molar-refractivity contribution in [3.05, 3.63) is 77.9 Å². The normalized spacial score (nSPS) is 22.4. The Morgan fingerprint density at radius 2 is 1.59 bits per heavy atom. The number of allylic oxidation sites excluding steroid dienone is 2. The Labute approximate surface area is 136 Å². The average molecular weight is 305 g/mol. The quantitative estimate of drug-likeness (QED) is 0.693. The molecule has 22 heavy (non-hydrogen) atoms. The molecule has 0 N–H and O–H groups in total. The van der Waals surface area contributed by atoms with E-state index in [2.05, 4.69) is 85.5 Å². The van der Waals surface area contributed by atoms with E-state index in [1.807, 2.05) is 11.8 Å². The standard InChI is InChI=1S/C20H19NS/c1-14-7-10-16(11-8-14)21-17-5-3-4-6-19(17)22-20-13-15(2)9-12-18(20)21/h3-13,17,19H,1-2H3. The number of thioether (sulfide) groups is 1. The Morgan fingerprint density at radius 3 is 2.41 bits per heavy atom. The van der Waals surface area contributed by atoms with Crippen LogP contribution in [0.2, 0.25) is 0 Å². The van der Waals surface area contributed by atoms with Crippen molar-refractivity contribution in [2.45, 2.75) is 30.0 Å². The fourth-order valence-corrected chi connectivity index (χ4v) is 4.51. The van der Waals surface area contributed by atoms with E-state index in [0.29, 0.717) is 11.3 Å². The second-order valence-corrected chi connectivity index (χ2v) is 7.24. The van der Waals surface area contributed by atoms with Crippen LogP contribution in [0, 0.1) is 13.8 Å². The lowest BCUT2D eigenvalue weighted by Crippen LogP contribution is -2.41. The first-order valence-corrected chi connectivity index (χ1v) is 8.58. The van der Waals surface area contributed by atoms with Gasteiger partial charge in [0, 0.05) is 10.6 Å². The highest BCUT2D eigenvalue weighted by Crippen LogP contribution is 2.47. The molecule has 2 aromatic carbocycles. The Balaban J connectivity index is 1.87. The van der Waals surface area contributed by atoms with Crippen molar-refractivity contribution in [2.75, 3.05) is 4.90 Å². The third-order valence-electron chi connectivity index (χ3n) is 4.30. The van der Waals surface area contributed by atoms with Crippen LogP contribution in [0.4, 0.5) is 11.4 Å². The van der Waals surface area contributed by atoms with Gasteiger partial charge in [-0.25, -0.2) is 0 Å². The van der Waals surface area contributed by atoms with Crippen LogP contribution in [0.1, 0.15) is 11.1 Å². The topological polar surface area (TPSA) is 3.24 Å². The number of anilines is 2. The van der Waals surface area contributed by atoms with Crippen LogP contribution in [-0.4, -0.2) is 11.3 Å². The Bertz CT molecular complexity index is 758. The molecule has 0 bridgehead atoms.